The number of benzene rings is 1. The molecule has 0 saturated carbocycles. The Balaban J connectivity index is 2.99. The quantitative estimate of drug-likeness (QED) is 0.830. The molecule has 0 aromatic heterocycles. The van der Waals surface area contributed by atoms with E-state index in [1.807, 2.05) is 0 Å². The first-order valence-electron chi connectivity index (χ1n) is 3.83. The third-order valence-corrected chi connectivity index (χ3v) is 2.29. The molecule has 0 heterocycles. The standard InChI is InChI=1S/C9H9BrFNO/c10-8-2-1-6(11)5-7(8)9(13)3-4-12/h1-2,5H,3-4,12H2. The van der Waals surface area contributed by atoms with Gasteiger partial charge in [0.2, 0.25) is 0 Å². The van der Waals surface area contributed by atoms with Crippen molar-refractivity contribution in [1.29, 1.82) is 0 Å². The van der Waals surface area contributed by atoms with Crippen molar-refractivity contribution in [2.45, 2.75) is 6.42 Å². The third kappa shape index (κ3) is 2.60. The number of ketones is 1. The van der Waals surface area contributed by atoms with E-state index in [0.717, 1.165) is 0 Å². The number of hydrogen-bond acceptors (Lipinski definition) is 2. The molecule has 0 amide bonds. The van der Waals surface area contributed by atoms with E-state index in [-0.39, 0.29) is 18.7 Å². The highest BCUT2D eigenvalue weighted by Gasteiger charge is 2.09. The van der Waals surface area contributed by atoms with Gasteiger partial charge in [0.05, 0.1) is 0 Å². The lowest BCUT2D eigenvalue weighted by molar-refractivity contribution is 0.0984. The van der Waals surface area contributed by atoms with Crippen molar-refractivity contribution in [3.05, 3.63) is 34.1 Å². The summed E-state index contributed by atoms with van der Waals surface area (Å²) in [7, 11) is 0. The lowest BCUT2D eigenvalue weighted by Gasteiger charge is -2.01. The molecule has 4 heteroatoms. The van der Waals surface area contributed by atoms with E-state index in [2.05, 4.69) is 15.9 Å². The van der Waals surface area contributed by atoms with Crippen LogP contribution in [0.3, 0.4) is 0 Å². The van der Waals surface area contributed by atoms with E-state index in [0.29, 0.717) is 10.0 Å². The number of Topliss-reactive ketones (excluding diaryl/α,β-unsaturated/α-hetero) is 1. The number of nitrogens with two attached hydrogens (primary N) is 1. The zero-order valence-corrected chi connectivity index (χ0v) is 8.47. The van der Waals surface area contributed by atoms with E-state index < -0.39 is 5.82 Å². The highest BCUT2D eigenvalue weighted by Crippen LogP contribution is 2.18. The second-order valence-electron chi connectivity index (χ2n) is 2.59. The number of halogens is 2. The second-order valence-corrected chi connectivity index (χ2v) is 3.44. The van der Waals surface area contributed by atoms with Crippen LogP contribution in [0.1, 0.15) is 16.8 Å². The summed E-state index contributed by atoms with van der Waals surface area (Å²) in [5, 5.41) is 0. The molecule has 2 N–H and O–H groups in total. The van der Waals surface area contributed by atoms with Crippen LogP contribution < -0.4 is 5.73 Å². The molecule has 0 fully saturated rings. The molecule has 0 atom stereocenters. The highest BCUT2D eigenvalue weighted by atomic mass is 79.9. The summed E-state index contributed by atoms with van der Waals surface area (Å²) in [5.41, 5.74) is 5.58. The van der Waals surface area contributed by atoms with E-state index in [4.69, 9.17) is 5.73 Å². The van der Waals surface area contributed by atoms with Gasteiger partial charge in [-0.05, 0) is 24.7 Å². The lowest BCUT2D eigenvalue weighted by atomic mass is 10.1. The molecule has 1 aromatic carbocycles. The SMILES string of the molecule is NCCC(=O)c1cc(F)ccc1Br. The Morgan fingerprint density at radius 2 is 2.23 bits per heavy atom. The minimum absolute atomic E-state index is 0.145. The topological polar surface area (TPSA) is 43.1 Å². The third-order valence-electron chi connectivity index (χ3n) is 1.60. The van der Waals surface area contributed by atoms with Gasteiger partial charge in [-0.15, -0.1) is 0 Å². The Hall–Kier alpha value is -0.740. The van der Waals surface area contributed by atoms with Gasteiger partial charge < -0.3 is 5.73 Å². The maximum Gasteiger partial charge on any atom is 0.165 e. The van der Waals surface area contributed by atoms with E-state index in [9.17, 15) is 9.18 Å². The Bertz CT molecular complexity index is 327. The molecule has 1 rings (SSSR count). The lowest BCUT2D eigenvalue weighted by Crippen LogP contribution is -2.08. The summed E-state index contributed by atoms with van der Waals surface area (Å²) in [6.07, 6.45) is 0.238. The van der Waals surface area contributed by atoms with Crippen molar-refractivity contribution in [3.63, 3.8) is 0 Å². The van der Waals surface area contributed by atoms with Crippen molar-refractivity contribution in [2.24, 2.45) is 5.73 Å². The van der Waals surface area contributed by atoms with Crippen LogP contribution in [0.25, 0.3) is 0 Å². The second kappa shape index (κ2) is 4.48. The van der Waals surface area contributed by atoms with Gasteiger partial charge in [-0.3, -0.25) is 4.79 Å². The summed E-state index contributed by atoms with van der Waals surface area (Å²) in [5.74, 6) is -0.558. The van der Waals surface area contributed by atoms with Gasteiger partial charge >= 0.3 is 0 Å². The summed E-state index contributed by atoms with van der Waals surface area (Å²) < 4.78 is 13.3. The average Bonchev–Trinajstić information content (AvgIpc) is 2.09. The summed E-state index contributed by atoms with van der Waals surface area (Å²) in [6, 6.07) is 4.02. The molecule has 0 spiro atoms. The van der Waals surface area contributed by atoms with Gasteiger partial charge in [0.25, 0.3) is 0 Å². The van der Waals surface area contributed by atoms with Gasteiger partial charge in [-0.2, -0.15) is 0 Å². The fourth-order valence-corrected chi connectivity index (χ4v) is 1.44. The maximum atomic E-state index is 12.7. The zero-order chi connectivity index (χ0) is 9.84. The molecule has 0 unspecified atom stereocenters. The molecule has 1 aromatic rings. The van der Waals surface area contributed by atoms with Crippen molar-refractivity contribution in [3.8, 4) is 0 Å². The fourth-order valence-electron chi connectivity index (χ4n) is 0.977. The Kier molecular flexibility index (Phi) is 3.57. The van der Waals surface area contributed by atoms with Crippen LogP contribution in [0.2, 0.25) is 0 Å². The number of rotatable bonds is 3. The molecular formula is C9H9BrFNO. The molecule has 0 aliphatic heterocycles. The van der Waals surface area contributed by atoms with Gasteiger partial charge in [0.1, 0.15) is 5.82 Å². The monoisotopic (exact) mass is 245 g/mol. The predicted octanol–water partition coefficient (Wildman–Crippen LogP) is 2.12. The summed E-state index contributed by atoms with van der Waals surface area (Å²) >= 11 is 3.17. The summed E-state index contributed by atoms with van der Waals surface area (Å²) in [6.45, 7) is 0.280. The van der Waals surface area contributed by atoms with Crippen LogP contribution in [0, 0.1) is 5.82 Å². The Morgan fingerprint density at radius 1 is 1.54 bits per heavy atom. The fraction of sp³-hybridized carbons (Fsp3) is 0.222. The predicted molar refractivity (Wildman–Crippen MR) is 52.1 cm³/mol. The van der Waals surface area contributed by atoms with Crippen LogP contribution in [-0.2, 0) is 0 Å². The van der Waals surface area contributed by atoms with E-state index >= 15 is 0 Å². The van der Waals surface area contributed by atoms with Gasteiger partial charge in [-0.25, -0.2) is 4.39 Å². The first kappa shape index (κ1) is 10.3. The van der Waals surface area contributed by atoms with Crippen molar-refractivity contribution < 1.29 is 9.18 Å². The van der Waals surface area contributed by atoms with Crippen molar-refractivity contribution >= 4 is 21.7 Å². The smallest absolute Gasteiger partial charge is 0.165 e. The maximum absolute atomic E-state index is 12.7. The number of carbonyl (C=O) groups excluding carboxylic acids is 1. The average molecular weight is 246 g/mol. The van der Waals surface area contributed by atoms with E-state index in [1.54, 1.807) is 0 Å². The molecule has 0 aliphatic carbocycles. The van der Waals surface area contributed by atoms with Crippen molar-refractivity contribution in [2.75, 3.05) is 6.54 Å². The van der Waals surface area contributed by atoms with Crippen LogP contribution in [0.5, 0.6) is 0 Å². The minimum Gasteiger partial charge on any atom is -0.330 e. The van der Waals surface area contributed by atoms with Gasteiger partial charge in [0, 0.05) is 16.5 Å². The number of carbonyl (C=O) groups is 1. The van der Waals surface area contributed by atoms with E-state index in [1.165, 1.54) is 18.2 Å². The molecule has 0 aliphatic rings. The van der Waals surface area contributed by atoms with Crippen molar-refractivity contribution in [1.82, 2.24) is 0 Å². The summed E-state index contributed by atoms with van der Waals surface area (Å²) in [4.78, 5) is 11.3. The first-order chi connectivity index (χ1) is 6.15. The molecule has 2 nitrogen and oxygen atoms in total. The van der Waals surface area contributed by atoms with Crippen LogP contribution in [0.15, 0.2) is 22.7 Å². The van der Waals surface area contributed by atoms with Gasteiger partial charge in [-0.1, -0.05) is 15.9 Å². The zero-order valence-electron chi connectivity index (χ0n) is 6.89. The Labute approximate surface area is 84.1 Å². The highest BCUT2D eigenvalue weighted by molar-refractivity contribution is 9.10. The van der Waals surface area contributed by atoms with Crippen LogP contribution in [0.4, 0.5) is 4.39 Å². The molecular weight excluding hydrogens is 237 g/mol. The normalized spacial score (nSPS) is 10.1. The molecule has 0 radical (unpaired) electrons. The number of hydrogen-bond donors (Lipinski definition) is 1. The largest absolute Gasteiger partial charge is 0.330 e. The van der Waals surface area contributed by atoms with Crippen LogP contribution >= 0.6 is 15.9 Å². The first-order valence-corrected chi connectivity index (χ1v) is 4.62. The van der Waals surface area contributed by atoms with Crippen LogP contribution in [-0.4, -0.2) is 12.3 Å². The molecule has 0 saturated heterocycles. The molecule has 13 heavy (non-hydrogen) atoms. The minimum atomic E-state index is -0.413. The molecule has 0 bridgehead atoms. The Morgan fingerprint density at radius 3 is 2.85 bits per heavy atom. The van der Waals surface area contributed by atoms with Gasteiger partial charge in [0.15, 0.2) is 5.78 Å². The molecule has 70 valence electrons.